The molecule has 0 radical (unpaired) electrons. The maximum atomic E-state index is 13.4. The molecule has 13 heteroatoms. The molecule has 1 aromatic rings. The van der Waals surface area contributed by atoms with Crippen molar-refractivity contribution in [3.8, 4) is 0 Å². The molecule has 2 heterocycles. The first-order chi connectivity index (χ1) is 24.7. The summed E-state index contributed by atoms with van der Waals surface area (Å²) >= 11 is 0. The van der Waals surface area contributed by atoms with E-state index in [4.69, 9.17) is 28.1 Å². The minimum Gasteiger partial charge on any atom is -0.462 e. The number of cyclic esters (lactones) is 1. The fraction of sp³-hybridized carbons (Fsp3) is 0.692. The third-order valence-electron chi connectivity index (χ3n) is 10.1. The molecule has 2 rings (SSSR count). The first-order valence-electron chi connectivity index (χ1n) is 18.0. The summed E-state index contributed by atoms with van der Waals surface area (Å²) in [7, 11) is 7.89. The van der Waals surface area contributed by atoms with Gasteiger partial charge < -0.3 is 43.2 Å². The number of aliphatic hydroxyl groups excluding tert-OH is 2. The molecule has 0 aromatic carbocycles. The van der Waals surface area contributed by atoms with Crippen LogP contribution in [0.2, 0.25) is 0 Å². The lowest BCUT2D eigenvalue weighted by molar-refractivity contribution is -0.167. The summed E-state index contributed by atoms with van der Waals surface area (Å²) in [5.74, 6) is -0.777. The van der Waals surface area contributed by atoms with Gasteiger partial charge in [0.15, 0.2) is 5.89 Å². The smallest absolute Gasteiger partial charge is 0.308 e. The van der Waals surface area contributed by atoms with Crippen molar-refractivity contribution >= 4 is 18.2 Å². The number of oxazole rings is 1. The number of aromatic nitrogens is 1. The first kappa shape index (κ1) is 45.0. The van der Waals surface area contributed by atoms with Crippen molar-refractivity contribution in [2.24, 2.45) is 17.3 Å². The average molecular weight is 735 g/mol. The molecule has 2 bridgehead atoms. The molecule has 0 spiro atoms. The number of nitrogens with zero attached hydrogens (tertiary/aromatic N) is 2. The second-order valence-corrected chi connectivity index (χ2v) is 14.3. The predicted molar refractivity (Wildman–Crippen MR) is 195 cm³/mol. The number of aliphatic hydroxyl groups is 2. The zero-order chi connectivity index (χ0) is 38.8. The minimum atomic E-state index is -1.05. The molecule has 9 atom stereocenters. The van der Waals surface area contributed by atoms with Crippen LogP contribution < -0.4 is 0 Å². The van der Waals surface area contributed by atoms with Crippen LogP contribution in [0.15, 0.2) is 47.3 Å². The van der Waals surface area contributed by atoms with Crippen LogP contribution in [-0.4, -0.2) is 110 Å². The fourth-order valence-corrected chi connectivity index (χ4v) is 6.19. The van der Waals surface area contributed by atoms with Gasteiger partial charge >= 0.3 is 5.97 Å². The lowest BCUT2D eigenvalue weighted by Gasteiger charge is -2.40. The van der Waals surface area contributed by atoms with Gasteiger partial charge in [-0.1, -0.05) is 58.1 Å². The number of ketones is 1. The number of allylic oxidation sites excluding steroid dienone is 2. The molecule has 1 amide bonds. The number of amides is 1. The summed E-state index contributed by atoms with van der Waals surface area (Å²) in [6.07, 6.45) is 10.5. The Labute approximate surface area is 309 Å². The van der Waals surface area contributed by atoms with Gasteiger partial charge in [-0.15, -0.1) is 0 Å². The summed E-state index contributed by atoms with van der Waals surface area (Å²) in [6, 6.07) is 0. The number of esters is 1. The van der Waals surface area contributed by atoms with E-state index < -0.39 is 41.9 Å². The Bertz CT molecular complexity index is 1310. The Morgan fingerprint density at radius 1 is 1.10 bits per heavy atom. The SMILES string of the molecule is COC1C=CC=CCC(OC)c2coc(n2)CC(O)C(C)(C)C(CC(OC)C(C)CCC(=O)C(C)C(CC=CN(C)C=O)OC)OC(=O)CC(O)C1. The number of fused-ring (bicyclic) bond motifs is 2. The number of carbonyl (C=O) groups is 3. The Hall–Kier alpha value is -3.20. The quantitative estimate of drug-likeness (QED) is 0.174. The molecular formula is C39H62N2O11. The van der Waals surface area contributed by atoms with Crippen LogP contribution in [0.1, 0.15) is 90.3 Å². The highest BCUT2D eigenvalue weighted by atomic mass is 16.5. The number of carbonyl (C=O) groups excluding carboxylic acids is 3. The van der Waals surface area contributed by atoms with E-state index in [1.807, 2.05) is 45.9 Å². The predicted octanol–water partition coefficient (Wildman–Crippen LogP) is 4.91. The Balaban J connectivity index is 2.29. The Morgan fingerprint density at radius 2 is 1.81 bits per heavy atom. The first-order valence-corrected chi connectivity index (χ1v) is 18.0. The van der Waals surface area contributed by atoms with Crippen LogP contribution in [0.4, 0.5) is 0 Å². The monoisotopic (exact) mass is 734 g/mol. The van der Waals surface area contributed by atoms with E-state index in [0.717, 1.165) is 0 Å². The van der Waals surface area contributed by atoms with Crippen molar-refractivity contribution in [1.29, 1.82) is 0 Å². The van der Waals surface area contributed by atoms with E-state index in [1.165, 1.54) is 18.3 Å². The van der Waals surface area contributed by atoms with Gasteiger partial charge in [-0.05, 0) is 25.2 Å². The van der Waals surface area contributed by atoms with Crippen LogP contribution in [0.3, 0.4) is 0 Å². The zero-order valence-corrected chi connectivity index (χ0v) is 32.4. The molecule has 0 aliphatic carbocycles. The zero-order valence-electron chi connectivity index (χ0n) is 32.4. The molecule has 1 aliphatic rings. The molecule has 0 saturated heterocycles. The second-order valence-electron chi connectivity index (χ2n) is 14.3. The van der Waals surface area contributed by atoms with E-state index in [0.29, 0.717) is 37.3 Å². The molecule has 0 saturated carbocycles. The van der Waals surface area contributed by atoms with Gasteiger partial charge in [-0.2, -0.15) is 0 Å². The van der Waals surface area contributed by atoms with E-state index in [-0.39, 0.29) is 61.9 Å². The second kappa shape index (κ2) is 22.8. The van der Waals surface area contributed by atoms with Crippen molar-refractivity contribution in [2.75, 3.05) is 35.5 Å². The third-order valence-corrected chi connectivity index (χ3v) is 10.1. The number of methoxy groups -OCH3 is 4. The fourth-order valence-electron chi connectivity index (χ4n) is 6.19. The van der Waals surface area contributed by atoms with Crippen molar-refractivity contribution in [3.05, 3.63) is 54.4 Å². The molecule has 1 aromatic heterocycles. The lowest BCUT2D eigenvalue weighted by Crippen LogP contribution is -2.46. The topological polar surface area (TPSA) is 167 Å². The van der Waals surface area contributed by atoms with Gasteiger partial charge in [0, 0.05) is 72.3 Å². The van der Waals surface area contributed by atoms with Gasteiger partial charge in [0.1, 0.15) is 29.9 Å². The third kappa shape index (κ3) is 14.3. The van der Waals surface area contributed by atoms with E-state index >= 15 is 0 Å². The van der Waals surface area contributed by atoms with E-state index in [1.54, 1.807) is 46.7 Å². The minimum absolute atomic E-state index is 0.0368. The Kier molecular flexibility index (Phi) is 19.7. The van der Waals surface area contributed by atoms with Crippen LogP contribution in [0, 0.1) is 17.3 Å². The highest BCUT2D eigenvalue weighted by Crippen LogP contribution is 2.36. The van der Waals surface area contributed by atoms with Crippen molar-refractivity contribution in [1.82, 2.24) is 9.88 Å². The molecule has 13 nitrogen and oxygen atoms in total. The van der Waals surface area contributed by atoms with Gasteiger partial charge in [-0.25, -0.2) is 4.98 Å². The number of ether oxygens (including phenoxy) is 5. The van der Waals surface area contributed by atoms with Crippen LogP contribution in [-0.2, 0) is 44.5 Å². The van der Waals surface area contributed by atoms with Gasteiger partial charge in [0.2, 0.25) is 6.41 Å². The van der Waals surface area contributed by atoms with Gasteiger partial charge in [-0.3, -0.25) is 14.4 Å². The van der Waals surface area contributed by atoms with Crippen molar-refractivity contribution in [2.45, 2.75) is 122 Å². The highest BCUT2D eigenvalue weighted by molar-refractivity contribution is 5.81. The lowest BCUT2D eigenvalue weighted by atomic mass is 9.75. The average Bonchev–Trinajstić information content (AvgIpc) is 3.58. The van der Waals surface area contributed by atoms with Crippen molar-refractivity contribution in [3.63, 3.8) is 0 Å². The highest BCUT2D eigenvalue weighted by Gasteiger charge is 2.42. The standard InChI is InChI=1S/C39H62N2O11/c1-26(17-18-31(44)27(2)32(48-7)16-13-19-41(5)25-42)34(50-9)22-36-39(3,4)35(45)23-37-40-30(24-51-37)33(49-8)15-12-10-11-14-29(47-6)20-28(43)21-38(46)52-36/h10-14,19,24-29,32-36,43,45H,15-18,20-23H2,1-9H3. The summed E-state index contributed by atoms with van der Waals surface area (Å²) in [6.45, 7) is 7.43. The van der Waals surface area contributed by atoms with Gasteiger partial charge in [0.25, 0.3) is 0 Å². The molecule has 1 aliphatic heterocycles. The number of hydrogen-bond donors (Lipinski definition) is 2. The number of rotatable bonds is 16. The largest absolute Gasteiger partial charge is 0.462 e. The molecule has 52 heavy (non-hydrogen) atoms. The van der Waals surface area contributed by atoms with Crippen LogP contribution in [0.25, 0.3) is 0 Å². The normalized spacial score (nSPS) is 25.7. The summed E-state index contributed by atoms with van der Waals surface area (Å²) < 4.78 is 34.5. The molecular weight excluding hydrogens is 672 g/mol. The maximum Gasteiger partial charge on any atom is 0.308 e. The van der Waals surface area contributed by atoms with Crippen LogP contribution >= 0.6 is 0 Å². The molecule has 0 fully saturated rings. The summed E-state index contributed by atoms with van der Waals surface area (Å²) in [4.78, 5) is 43.4. The maximum absolute atomic E-state index is 13.4. The van der Waals surface area contributed by atoms with Gasteiger partial charge in [0.05, 0.1) is 43.4 Å². The number of Topliss-reactive ketones (excluding diaryl/α,β-unsaturated/α-hetero) is 1. The van der Waals surface area contributed by atoms with Crippen molar-refractivity contribution < 1.29 is 52.7 Å². The molecule has 9 unspecified atom stereocenters. The summed E-state index contributed by atoms with van der Waals surface area (Å²) in [5.41, 5.74) is -0.428. The number of hydrogen-bond acceptors (Lipinski definition) is 12. The van der Waals surface area contributed by atoms with E-state index in [9.17, 15) is 24.6 Å². The molecule has 2 N–H and O–H groups in total. The van der Waals surface area contributed by atoms with E-state index in [2.05, 4.69) is 4.98 Å². The Morgan fingerprint density at radius 3 is 2.44 bits per heavy atom. The summed E-state index contributed by atoms with van der Waals surface area (Å²) in [5, 5.41) is 22.4. The van der Waals surface area contributed by atoms with Crippen LogP contribution in [0.5, 0.6) is 0 Å². The molecule has 294 valence electrons.